The Morgan fingerprint density at radius 3 is 2.61 bits per heavy atom. The second-order valence-corrected chi connectivity index (χ2v) is 9.42. The Labute approximate surface area is 186 Å². The maximum atomic E-state index is 13.0. The molecule has 1 aliphatic heterocycles. The smallest absolute Gasteiger partial charge is 0.243 e. The standard InChI is InChI=1S/C23H30N4O3S/c1-31-14-12-19(27-22(29)15-7-2-3-8-16(15)23(27)30)21(28)24-13-6-11-20-25-17-9-4-5-10-18(17)26-20/h4-5,9-10,15-16,19H,2-3,6-8,11-14H2,1H3,(H,24,28)(H,25,26). The van der Waals surface area contributed by atoms with Crippen molar-refractivity contribution in [2.24, 2.45) is 11.8 Å². The van der Waals surface area contributed by atoms with E-state index < -0.39 is 6.04 Å². The number of hydrogen-bond donors (Lipinski definition) is 2. The molecule has 166 valence electrons. The number of nitrogens with zero attached hydrogens (tertiary/aromatic N) is 2. The maximum absolute atomic E-state index is 13.0. The highest BCUT2D eigenvalue weighted by atomic mass is 32.2. The molecular weight excluding hydrogens is 412 g/mol. The average Bonchev–Trinajstić information content (AvgIpc) is 3.31. The van der Waals surface area contributed by atoms with Gasteiger partial charge in [-0.2, -0.15) is 11.8 Å². The number of aromatic nitrogens is 2. The third kappa shape index (κ3) is 4.63. The van der Waals surface area contributed by atoms with Crippen LogP contribution in [0.25, 0.3) is 11.0 Å². The molecule has 2 N–H and O–H groups in total. The highest BCUT2D eigenvalue weighted by Gasteiger charge is 2.51. The van der Waals surface area contributed by atoms with Crippen molar-refractivity contribution < 1.29 is 14.4 Å². The van der Waals surface area contributed by atoms with Gasteiger partial charge in [-0.3, -0.25) is 19.3 Å². The first-order valence-corrected chi connectivity index (χ1v) is 12.6. The first-order chi connectivity index (χ1) is 15.1. The number of aryl methyl sites for hydroxylation is 1. The molecule has 1 aromatic carbocycles. The number of H-pyrrole nitrogens is 1. The highest BCUT2D eigenvalue weighted by molar-refractivity contribution is 7.98. The van der Waals surface area contributed by atoms with Gasteiger partial charge >= 0.3 is 0 Å². The lowest BCUT2D eigenvalue weighted by Crippen LogP contribution is -2.50. The number of imide groups is 1. The summed E-state index contributed by atoms with van der Waals surface area (Å²) in [5, 5.41) is 2.96. The van der Waals surface area contributed by atoms with Crippen molar-refractivity contribution in [2.75, 3.05) is 18.6 Å². The first-order valence-electron chi connectivity index (χ1n) is 11.2. The normalized spacial score (nSPS) is 22.0. The lowest BCUT2D eigenvalue weighted by atomic mass is 9.81. The number of nitrogens with one attached hydrogen (secondary N) is 2. The molecule has 7 nitrogen and oxygen atoms in total. The molecule has 31 heavy (non-hydrogen) atoms. The number of benzene rings is 1. The Morgan fingerprint density at radius 1 is 1.23 bits per heavy atom. The lowest BCUT2D eigenvalue weighted by Gasteiger charge is -2.25. The summed E-state index contributed by atoms with van der Waals surface area (Å²) in [7, 11) is 0. The van der Waals surface area contributed by atoms with Crippen LogP contribution in [0.5, 0.6) is 0 Å². The number of thioether (sulfide) groups is 1. The predicted molar refractivity (Wildman–Crippen MR) is 122 cm³/mol. The van der Waals surface area contributed by atoms with Gasteiger partial charge in [0.1, 0.15) is 11.9 Å². The van der Waals surface area contributed by atoms with E-state index in [4.69, 9.17) is 0 Å². The number of imidazole rings is 1. The molecule has 1 aromatic heterocycles. The third-order valence-corrected chi connectivity index (χ3v) is 7.06. The summed E-state index contributed by atoms with van der Waals surface area (Å²) >= 11 is 1.62. The fraction of sp³-hybridized carbons (Fsp3) is 0.565. The minimum atomic E-state index is -0.704. The second kappa shape index (κ2) is 9.85. The number of carbonyl (C=O) groups is 3. The van der Waals surface area contributed by atoms with Crippen LogP contribution in [-0.2, 0) is 20.8 Å². The van der Waals surface area contributed by atoms with Crippen molar-refractivity contribution in [1.29, 1.82) is 0 Å². The Morgan fingerprint density at radius 2 is 1.94 bits per heavy atom. The number of aromatic amines is 1. The van der Waals surface area contributed by atoms with Gasteiger partial charge in [-0.25, -0.2) is 4.98 Å². The van der Waals surface area contributed by atoms with Crippen LogP contribution in [-0.4, -0.2) is 57.2 Å². The summed E-state index contributed by atoms with van der Waals surface area (Å²) in [5.74, 6) is 0.667. The van der Waals surface area contributed by atoms with E-state index in [1.54, 1.807) is 11.8 Å². The number of para-hydroxylation sites is 2. The summed E-state index contributed by atoms with van der Waals surface area (Å²) in [6.07, 6.45) is 7.41. The third-order valence-electron chi connectivity index (χ3n) is 6.41. The number of hydrogen-bond acceptors (Lipinski definition) is 5. The van der Waals surface area contributed by atoms with Gasteiger partial charge in [0.2, 0.25) is 17.7 Å². The molecule has 3 amide bonds. The molecule has 1 saturated carbocycles. The summed E-state index contributed by atoms with van der Waals surface area (Å²) in [6.45, 7) is 0.481. The Kier molecular flexibility index (Phi) is 6.95. The van der Waals surface area contributed by atoms with Crippen LogP contribution in [0, 0.1) is 11.8 Å². The Balaban J connectivity index is 1.35. The number of rotatable bonds is 9. The van der Waals surface area contributed by atoms with Crippen molar-refractivity contribution in [3.63, 3.8) is 0 Å². The van der Waals surface area contributed by atoms with E-state index in [1.807, 2.05) is 30.5 Å². The van der Waals surface area contributed by atoms with Gasteiger partial charge in [0.25, 0.3) is 0 Å². The number of likely N-dealkylation sites (tertiary alicyclic amines) is 1. The van der Waals surface area contributed by atoms with Crippen molar-refractivity contribution in [2.45, 2.75) is 51.0 Å². The largest absolute Gasteiger partial charge is 0.354 e. The van der Waals surface area contributed by atoms with Gasteiger partial charge in [-0.15, -0.1) is 0 Å². The van der Waals surface area contributed by atoms with Crippen LogP contribution in [0.2, 0.25) is 0 Å². The molecule has 1 saturated heterocycles. The molecule has 2 aliphatic rings. The van der Waals surface area contributed by atoms with Gasteiger partial charge in [0, 0.05) is 13.0 Å². The molecule has 0 radical (unpaired) electrons. The quantitative estimate of drug-likeness (QED) is 0.460. The van der Waals surface area contributed by atoms with E-state index in [-0.39, 0.29) is 29.6 Å². The van der Waals surface area contributed by atoms with Crippen LogP contribution >= 0.6 is 11.8 Å². The first kappa shape index (κ1) is 21.9. The van der Waals surface area contributed by atoms with E-state index in [1.165, 1.54) is 4.90 Å². The van der Waals surface area contributed by atoms with E-state index in [0.717, 1.165) is 61.1 Å². The molecular formula is C23H30N4O3S. The Hall–Kier alpha value is -2.35. The molecule has 2 aromatic rings. The van der Waals surface area contributed by atoms with Crippen molar-refractivity contribution in [3.05, 3.63) is 30.1 Å². The second-order valence-electron chi connectivity index (χ2n) is 8.44. The number of fused-ring (bicyclic) bond motifs is 2. The van der Waals surface area contributed by atoms with Gasteiger partial charge in [-0.05, 0) is 49.8 Å². The van der Waals surface area contributed by atoms with Crippen LogP contribution < -0.4 is 5.32 Å². The van der Waals surface area contributed by atoms with Crippen LogP contribution in [0.1, 0.15) is 44.3 Å². The van der Waals surface area contributed by atoms with Crippen molar-refractivity contribution in [1.82, 2.24) is 20.2 Å². The highest BCUT2D eigenvalue weighted by Crippen LogP contribution is 2.39. The molecule has 3 unspecified atom stereocenters. The van der Waals surface area contributed by atoms with Gasteiger partial charge in [0.15, 0.2) is 0 Å². The summed E-state index contributed by atoms with van der Waals surface area (Å²) in [4.78, 5) is 48.1. The fourth-order valence-corrected chi connectivity index (χ4v) is 5.27. The monoisotopic (exact) mass is 442 g/mol. The van der Waals surface area contributed by atoms with E-state index in [9.17, 15) is 14.4 Å². The molecule has 0 spiro atoms. The average molecular weight is 443 g/mol. The zero-order chi connectivity index (χ0) is 21.8. The molecule has 3 atom stereocenters. The Bertz CT molecular complexity index is 902. The van der Waals surface area contributed by atoms with Crippen molar-refractivity contribution >= 4 is 40.5 Å². The molecule has 1 aliphatic carbocycles. The topological polar surface area (TPSA) is 95.2 Å². The van der Waals surface area contributed by atoms with Crippen molar-refractivity contribution in [3.8, 4) is 0 Å². The molecule has 0 bridgehead atoms. The summed E-state index contributed by atoms with van der Waals surface area (Å²) in [5.41, 5.74) is 1.94. The summed E-state index contributed by atoms with van der Waals surface area (Å²) in [6, 6.07) is 7.18. The van der Waals surface area contributed by atoms with E-state index in [2.05, 4.69) is 15.3 Å². The maximum Gasteiger partial charge on any atom is 0.243 e. The number of amides is 3. The minimum Gasteiger partial charge on any atom is -0.354 e. The molecule has 2 heterocycles. The van der Waals surface area contributed by atoms with E-state index in [0.29, 0.717) is 13.0 Å². The zero-order valence-electron chi connectivity index (χ0n) is 17.9. The molecule has 4 rings (SSSR count). The molecule has 8 heteroatoms. The molecule has 2 fully saturated rings. The van der Waals surface area contributed by atoms with Gasteiger partial charge in [0.05, 0.1) is 22.9 Å². The SMILES string of the molecule is CSCCC(C(=O)NCCCc1nc2ccccc2[nH]1)N1C(=O)C2CCCCC2C1=O. The fourth-order valence-electron chi connectivity index (χ4n) is 4.81. The van der Waals surface area contributed by atoms with Gasteiger partial charge in [-0.1, -0.05) is 25.0 Å². The lowest BCUT2D eigenvalue weighted by molar-refractivity contribution is -0.148. The van der Waals surface area contributed by atoms with Crippen LogP contribution in [0.3, 0.4) is 0 Å². The van der Waals surface area contributed by atoms with Crippen LogP contribution in [0.4, 0.5) is 0 Å². The zero-order valence-corrected chi connectivity index (χ0v) is 18.7. The number of carbonyl (C=O) groups excluding carboxylic acids is 3. The minimum absolute atomic E-state index is 0.141. The summed E-state index contributed by atoms with van der Waals surface area (Å²) < 4.78 is 0. The van der Waals surface area contributed by atoms with Crippen LogP contribution in [0.15, 0.2) is 24.3 Å². The van der Waals surface area contributed by atoms with Gasteiger partial charge < -0.3 is 10.3 Å². The predicted octanol–water partition coefficient (Wildman–Crippen LogP) is 2.91. The van der Waals surface area contributed by atoms with E-state index >= 15 is 0 Å².